The van der Waals surface area contributed by atoms with E-state index in [4.69, 9.17) is 14.6 Å². The Morgan fingerprint density at radius 2 is 2.00 bits per heavy atom. The van der Waals surface area contributed by atoms with Crippen LogP contribution in [0.2, 0.25) is 0 Å². The maximum absolute atomic E-state index is 8.82. The SMILES string of the molecule is Cc1cc2c(cc1CCO)OCO2. The molecular weight excluding hydrogens is 168 g/mol. The zero-order valence-electron chi connectivity index (χ0n) is 7.54. The lowest BCUT2D eigenvalue weighted by Crippen LogP contribution is -1.94. The first kappa shape index (κ1) is 8.38. The summed E-state index contributed by atoms with van der Waals surface area (Å²) in [5, 5.41) is 8.82. The lowest BCUT2D eigenvalue weighted by atomic mass is 10.1. The fourth-order valence-corrected chi connectivity index (χ4v) is 1.48. The van der Waals surface area contributed by atoms with Gasteiger partial charge in [0.1, 0.15) is 0 Å². The number of benzene rings is 1. The van der Waals surface area contributed by atoms with E-state index in [9.17, 15) is 0 Å². The van der Waals surface area contributed by atoms with E-state index in [2.05, 4.69) is 0 Å². The summed E-state index contributed by atoms with van der Waals surface area (Å²) in [6.07, 6.45) is 0.669. The Bertz CT molecular complexity index is 320. The van der Waals surface area contributed by atoms with Crippen LogP contribution in [0.15, 0.2) is 12.1 Å². The van der Waals surface area contributed by atoms with E-state index in [0.717, 1.165) is 22.6 Å². The number of rotatable bonds is 2. The summed E-state index contributed by atoms with van der Waals surface area (Å²) in [5.41, 5.74) is 2.25. The highest BCUT2D eigenvalue weighted by molar-refractivity contribution is 5.48. The number of ether oxygens (including phenoxy) is 2. The highest BCUT2D eigenvalue weighted by atomic mass is 16.7. The molecule has 0 spiro atoms. The van der Waals surface area contributed by atoms with Crippen LogP contribution in [0, 0.1) is 6.92 Å². The molecule has 1 N–H and O–H groups in total. The molecule has 1 aliphatic heterocycles. The van der Waals surface area contributed by atoms with Gasteiger partial charge in [-0.25, -0.2) is 0 Å². The fraction of sp³-hybridized carbons (Fsp3) is 0.400. The van der Waals surface area contributed by atoms with E-state index in [1.165, 1.54) is 0 Å². The highest BCUT2D eigenvalue weighted by Gasteiger charge is 2.14. The predicted octanol–water partition coefficient (Wildman–Crippen LogP) is 1.26. The quantitative estimate of drug-likeness (QED) is 0.744. The third kappa shape index (κ3) is 1.47. The van der Waals surface area contributed by atoms with Crippen LogP contribution in [-0.4, -0.2) is 18.5 Å². The van der Waals surface area contributed by atoms with Gasteiger partial charge in [-0.2, -0.15) is 0 Å². The van der Waals surface area contributed by atoms with Crippen molar-refractivity contribution in [2.24, 2.45) is 0 Å². The standard InChI is InChI=1S/C10H12O3/c1-7-4-9-10(13-6-12-9)5-8(7)2-3-11/h4-5,11H,2-3,6H2,1H3. The number of aliphatic hydroxyl groups is 1. The van der Waals surface area contributed by atoms with Crippen molar-refractivity contribution < 1.29 is 14.6 Å². The van der Waals surface area contributed by atoms with Gasteiger partial charge in [-0.15, -0.1) is 0 Å². The molecule has 70 valence electrons. The number of aryl methyl sites for hydroxylation is 1. The summed E-state index contributed by atoms with van der Waals surface area (Å²) >= 11 is 0. The van der Waals surface area contributed by atoms with Crippen molar-refractivity contribution in [2.45, 2.75) is 13.3 Å². The second-order valence-electron chi connectivity index (χ2n) is 3.11. The monoisotopic (exact) mass is 180 g/mol. The van der Waals surface area contributed by atoms with Crippen LogP contribution in [0.4, 0.5) is 0 Å². The molecule has 1 heterocycles. The molecule has 13 heavy (non-hydrogen) atoms. The molecule has 2 rings (SSSR count). The second-order valence-corrected chi connectivity index (χ2v) is 3.11. The average Bonchev–Trinajstić information content (AvgIpc) is 2.52. The third-order valence-electron chi connectivity index (χ3n) is 2.21. The second kappa shape index (κ2) is 3.26. The molecule has 0 amide bonds. The van der Waals surface area contributed by atoms with Crippen molar-refractivity contribution in [1.29, 1.82) is 0 Å². The lowest BCUT2D eigenvalue weighted by Gasteiger charge is -2.05. The molecular formula is C10H12O3. The smallest absolute Gasteiger partial charge is 0.231 e. The van der Waals surface area contributed by atoms with E-state index in [1.54, 1.807) is 0 Å². The fourth-order valence-electron chi connectivity index (χ4n) is 1.48. The van der Waals surface area contributed by atoms with Gasteiger partial charge >= 0.3 is 0 Å². The summed E-state index contributed by atoms with van der Waals surface area (Å²) in [6, 6.07) is 3.89. The van der Waals surface area contributed by atoms with E-state index >= 15 is 0 Å². The van der Waals surface area contributed by atoms with Gasteiger partial charge in [-0.1, -0.05) is 0 Å². The van der Waals surface area contributed by atoms with Gasteiger partial charge in [0, 0.05) is 6.61 Å². The number of aliphatic hydroxyl groups excluding tert-OH is 1. The van der Waals surface area contributed by atoms with Crippen LogP contribution < -0.4 is 9.47 Å². The molecule has 0 saturated carbocycles. The zero-order chi connectivity index (χ0) is 9.26. The molecule has 0 atom stereocenters. The first-order valence-corrected chi connectivity index (χ1v) is 4.31. The Hall–Kier alpha value is -1.22. The Kier molecular flexibility index (Phi) is 2.10. The minimum atomic E-state index is 0.167. The average molecular weight is 180 g/mol. The molecule has 0 aromatic heterocycles. The van der Waals surface area contributed by atoms with Gasteiger partial charge in [0.05, 0.1) is 0 Å². The van der Waals surface area contributed by atoms with Gasteiger partial charge in [0.2, 0.25) is 6.79 Å². The molecule has 0 radical (unpaired) electrons. The first-order valence-electron chi connectivity index (χ1n) is 4.31. The Labute approximate surface area is 76.9 Å². The van der Waals surface area contributed by atoms with Gasteiger partial charge < -0.3 is 14.6 Å². The number of hydrogen-bond donors (Lipinski definition) is 1. The summed E-state index contributed by atoms with van der Waals surface area (Å²) in [5.74, 6) is 1.59. The molecule has 0 aliphatic carbocycles. The van der Waals surface area contributed by atoms with Crippen molar-refractivity contribution in [3.63, 3.8) is 0 Å². The molecule has 0 unspecified atom stereocenters. The van der Waals surface area contributed by atoms with Gasteiger partial charge in [0.25, 0.3) is 0 Å². The van der Waals surface area contributed by atoms with Crippen LogP contribution in [0.25, 0.3) is 0 Å². The van der Waals surface area contributed by atoms with Crippen LogP contribution in [0.5, 0.6) is 11.5 Å². The Morgan fingerprint density at radius 1 is 1.31 bits per heavy atom. The number of hydrogen-bond acceptors (Lipinski definition) is 3. The molecule has 3 heteroatoms. The Balaban J connectivity index is 2.37. The van der Waals surface area contributed by atoms with Crippen molar-refractivity contribution in [3.8, 4) is 11.5 Å². The Morgan fingerprint density at radius 3 is 2.69 bits per heavy atom. The summed E-state index contributed by atoms with van der Waals surface area (Å²) < 4.78 is 10.5. The lowest BCUT2D eigenvalue weighted by molar-refractivity contribution is 0.174. The van der Waals surface area contributed by atoms with E-state index in [0.29, 0.717) is 13.2 Å². The summed E-state index contributed by atoms with van der Waals surface area (Å²) in [4.78, 5) is 0. The largest absolute Gasteiger partial charge is 0.454 e. The third-order valence-corrected chi connectivity index (χ3v) is 2.21. The minimum Gasteiger partial charge on any atom is -0.454 e. The maximum Gasteiger partial charge on any atom is 0.231 e. The molecule has 1 aromatic carbocycles. The van der Waals surface area contributed by atoms with Gasteiger partial charge in [-0.05, 0) is 36.6 Å². The molecule has 1 aliphatic rings. The molecule has 0 fully saturated rings. The molecule has 0 saturated heterocycles. The molecule has 1 aromatic rings. The summed E-state index contributed by atoms with van der Waals surface area (Å²) in [7, 11) is 0. The van der Waals surface area contributed by atoms with Crippen molar-refractivity contribution in [2.75, 3.05) is 13.4 Å². The van der Waals surface area contributed by atoms with Gasteiger partial charge in [0.15, 0.2) is 11.5 Å². The van der Waals surface area contributed by atoms with Crippen LogP contribution >= 0.6 is 0 Å². The maximum atomic E-state index is 8.82. The molecule has 0 bridgehead atoms. The highest BCUT2D eigenvalue weighted by Crippen LogP contribution is 2.34. The topological polar surface area (TPSA) is 38.7 Å². The zero-order valence-corrected chi connectivity index (χ0v) is 7.54. The van der Waals surface area contributed by atoms with Crippen LogP contribution in [0.1, 0.15) is 11.1 Å². The first-order chi connectivity index (χ1) is 6.31. The van der Waals surface area contributed by atoms with Crippen molar-refractivity contribution in [3.05, 3.63) is 23.3 Å². The van der Waals surface area contributed by atoms with Crippen LogP contribution in [0.3, 0.4) is 0 Å². The minimum absolute atomic E-state index is 0.167. The van der Waals surface area contributed by atoms with E-state index < -0.39 is 0 Å². The van der Waals surface area contributed by atoms with Crippen molar-refractivity contribution in [1.82, 2.24) is 0 Å². The van der Waals surface area contributed by atoms with Crippen molar-refractivity contribution >= 4 is 0 Å². The normalized spacial score (nSPS) is 13.4. The van der Waals surface area contributed by atoms with E-state index in [1.807, 2.05) is 19.1 Å². The molecule has 3 nitrogen and oxygen atoms in total. The summed E-state index contributed by atoms with van der Waals surface area (Å²) in [6.45, 7) is 2.48. The van der Waals surface area contributed by atoms with Crippen LogP contribution in [-0.2, 0) is 6.42 Å². The number of fused-ring (bicyclic) bond motifs is 1. The predicted molar refractivity (Wildman–Crippen MR) is 48.1 cm³/mol. The van der Waals surface area contributed by atoms with E-state index in [-0.39, 0.29) is 6.61 Å². The van der Waals surface area contributed by atoms with Gasteiger partial charge in [-0.3, -0.25) is 0 Å².